The van der Waals surface area contributed by atoms with Gasteiger partial charge < -0.3 is 21.1 Å². The third-order valence-electron chi connectivity index (χ3n) is 6.71. The zero-order chi connectivity index (χ0) is 25.2. The molecule has 1 saturated carbocycles. The maximum Gasteiger partial charge on any atom is 0.306 e. The van der Waals surface area contributed by atoms with E-state index in [-0.39, 0.29) is 24.3 Å². The van der Waals surface area contributed by atoms with Gasteiger partial charge in [-0.25, -0.2) is 9.67 Å². The maximum atomic E-state index is 12.7. The number of amides is 2. The van der Waals surface area contributed by atoms with Crippen LogP contribution in [0.1, 0.15) is 44.6 Å². The Labute approximate surface area is 202 Å². The number of anilines is 1. The maximum absolute atomic E-state index is 12.7. The second-order valence-corrected chi connectivity index (χ2v) is 8.86. The van der Waals surface area contributed by atoms with E-state index in [0.29, 0.717) is 49.1 Å². The molecule has 188 valence electrons. The standard InChI is InChI=1S/C23H31N7O5/c1-4-30-20-16(12-27-30)19(28-14-7-5-13(6-8-14)21(32)33)15(11-26-20)17-9-23(35-29-17,22(34)25-3)10-18(31)24-2/h9,11-14,29H,4-8,10H2,1-3H3,(H,24,31)(H,25,34)(H,26,28)(H,32,33). The van der Waals surface area contributed by atoms with E-state index in [1.54, 1.807) is 23.2 Å². The summed E-state index contributed by atoms with van der Waals surface area (Å²) in [7, 11) is 2.98. The highest BCUT2D eigenvalue weighted by Gasteiger charge is 2.45. The average molecular weight is 486 g/mol. The molecule has 1 fully saturated rings. The van der Waals surface area contributed by atoms with Crippen molar-refractivity contribution in [2.75, 3.05) is 19.4 Å². The van der Waals surface area contributed by atoms with Gasteiger partial charge in [-0.2, -0.15) is 5.10 Å². The van der Waals surface area contributed by atoms with Gasteiger partial charge in [0.15, 0.2) is 5.65 Å². The van der Waals surface area contributed by atoms with Gasteiger partial charge in [-0.3, -0.25) is 24.7 Å². The number of nitrogens with zero attached hydrogens (tertiary/aromatic N) is 3. The van der Waals surface area contributed by atoms with Gasteiger partial charge in [0.1, 0.15) is 0 Å². The van der Waals surface area contributed by atoms with Gasteiger partial charge in [0.05, 0.1) is 35.3 Å². The fraction of sp³-hybridized carbons (Fsp3) is 0.522. The number of likely N-dealkylation sites (N-methyl/N-ethyl adjacent to an activating group) is 1. The Morgan fingerprint density at radius 3 is 2.57 bits per heavy atom. The highest BCUT2D eigenvalue weighted by Crippen LogP contribution is 2.37. The number of rotatable bonds is 8. The van der Waals surface area contributed by atoms with Gasteiger partial charge >= 0.3 is 5.97 Å². The quantitative estimate of drug-likeness (QED) is 0.368. The van der Waals surface area contributed by atoms with Crippen molar-refractivity contribution in [1.29, 1.82) is 0 Å². The SMILES string of the molecule is CCn1ncc2c(NC3CCC(C(=O)O)CC3)c(C3=CC(CC(=O)NC)(C(=O)NC)ON3)cnc21. The lowest BCUT2D eigenvalue weighted by Gasteiger charge is -2.28. The normalized spacial score (nSPS) is 23.9. The third kappa shape index (κ3) is 4.65. The number of carboxylic acid groups (broad SMARTS) is 1. The van der Waals surface area contributed by atoms with Crippen LogP contribution in [-0.4, -0.2) is 63.4 Å². The van der Waals surface area contributed by atoms with Gasteiger partial charge in [0.2, 0.25) is 11.5 Å². The van der Waals surface area contributed by atoms with E-state index in [2.05, 4.69) is 31.5 Å². The first-order chi connectivity index (χ1) is 16.8. The van der Waals surface area contributed by atoms with Crippen LogP contribution < -0.4 is 21.4 Å². The summed E-state index contributed by atoms with van der Waals surface area (Å²) in [5.74, 6) is -1.88. The molecule has 4 rings (SSSR count). The average Bonchev–Trinajstić information content (AvgIpc) is 3.49. The molecule has 35 heavy (non-hydrogen) atoms. The van der Waals surface area contributed by atoms with E-state index < -0.39 is 17.5 Å². The minimum absolute atomic E-state index is 0.0671. The molecule has 2 aromatic heterocycles. The van der Waals surface area contributed by atoms with Gasteiger partial charge in [-0.15, -0.1) is 0 Å². The molecule has 2 aromatic rings. The molecule has 1 unspecified atom stereocenters. The Morgan fingerprint density at radius 2 is 1.94 bits per heavy atom. The van der Waals surface area contributed by atoms with Gasteiger partial charge in [0, 0.05) is 38.4 Å². The van der Waals surface area contributed by atoms with Crippen molar-refractivity contribution in [1.82, 2.24) is 30.9 Å². The van der Waals surface area contributed by atoms with Crippen LogP contribution in [0.5, 0.6) is 0 Å². The summed E-state index contributed by atoms with van der Waals surface area (Å²) in [6.45, 7) is 2.63. The molecule has 0 saturated heterocycles. The minimum atomic E-state index is -1.52. The van der Waals surface area contributed by atoms with Crippen molar-refractivity contribution in [2.45, 2.75) is 57.2 Å². The third-order valence-corrected chi connectivity index (χ3v) is 6.71. The summed E-state index contributed by atoms with van der Waals surface area (Å²) in [4.78, 5) is 46.5. The number of aryl methyl sites for hydroxylation is 1. The van der Waals surface area contributed by atoms with Gasteiger partial charge in [-0.1, -0.05) is 0 Å². The second kappa shape index (κ2) is 9.90. The van der Waals surface area contributed by atoms with Crippen molar-refractivity contribution in [2.24, 2.45) is 5.92 Å². The predicted molar refractivity (Wildman–Crippen MR) is 128 cm³/mol. The van der Waals surface area contributed by atoms with Crippen LogP contribution in [0.2, 0.25) is 0 Å². The summed E-state index contributed by atoms with van der Waals surface area (Å²) in [5.41, 5.74) is 3.94. The van der Waals surface area contributed by atoms with E-state index in [4.69, 9.17) is 4.84 Å². The van der Waals surface area contributed by atoms with Crippen LogP contribution in [0.25, 0.3) is 16.7 Å². The Morgan fingerprint density at radius 1 is 1.20 bits per heavy atom. The lowest BCUT2D eigenvalue weighted by molar-refractivity contribution is -0.148. The second-order valence-electron chi connectivity index (χ2n) is 8.86. The molecule has 2 amide bonds. The molecule has 3 heterocycles. The smallest absolute Gasteiger partial charge is 0.306 e. The number of hydroxylamine groups is 1. The van der Waals surface area contributed by atoms with Crippen LogP contribution in [0.15, 0.2) is 18.5 Å². The molecule has 12 heteroatoms. The Hall–Kier alpha value is -3.67. The Kier molecular flexibility index (Phi) is 6.92. The van der Waals surface area contributed by atoms with Crippen LogP contribution in [0.4, 0.5) is 5.69 Å². The number of hydrogen-bond donors (Lipinski definition) is 5. The molecule has 0 aromatic carbocycles. The van der Waals surface area contributed by atoms with Crippen LogP contribution in [-0.2, 0) is 25.8 Å². The summed E-state index contributed by atoms with van der Waals surface area (Å²) in [5, 5.41) is 23.3. The topological polar surface area (TPSA) is 160 Å². The van der Waals surface area contributed by atoms with E-state index in [1.807, 2.05) is 6.92 Å². The minimum Gasteiger partial charge on any atom is -0.481 e. The summed E-state index contributed by atoms with van der Waals surface area (Å²) >= 11 is 0. The van der Waals surface area contributed by atoms with Crippen LogP contribution in [0.3, 0.4) is 0 Å². The molecule has 1 aliphatic heterocycles. The molecule has 0 spiro atoms. The van der Waals surface area contributed by atoms with Crippen molar-refractivity contribution in [3.63, 3.8) is 0 Å². The molecule has 0 bridgehead atoms. The number of aromatic nitrogens is 3. The molecule has 12 nitrogen and oxygen atoms in total. The summed E-state index contributed by atoms with van der Waals surface area (Å²) in [6, 6.07) is 0.0671. The van der Waals surface area contributed by atoms with E-state index >= 15 is 0 Å². The van der Waals surface area contributed by atoms with E-state index in [1.165, 1.54) is 14.1 Å². The van der Waals surface area contributed by atoms with Crippen LogP contribution in [0, 0.1) is 5.92 Å². The largest absolute Gasteiger partial charge is 0.481 e. The molecular weight excluding hydrogens is 454 g/mol. The molecule has 1 atom stereocenters. The van der Waals surface area contributed by atoms with Crippen molar-refractivity contribution < 1.29 is 24.3 Å². The Bertz CT molecular complexity index is 1170. The predicted octanol–water partition coefficient (Wildman–Crippen LogP) is 1.00. The highest BCUT2D eigenvalue weighted by atomic mass is 16.7. The first-order valence-corrected chi connectivity index (χ1v) is 11.8. The number of carbonyl (C=O) groups excluding carboxylic acids is 2. The number of nitrogens with one attached hydrogen (secondary N) is 4. The fourth-order valence-corrected chi connectivity index (χ4v) is 4.70. The van der Waals surface area contributed by atoms with E-state index in [9.17, 15) is 19.5 Å². The monoisotopic (exact) mass is 485 g/mol. The molecule has 1 aliphatic carbocycles. The fourth-order valence-electron chi connectivity index (χ4n) is 4.70. The van der Waals surface area contributed by atoms with Crippen LogP contribution >= 0.6 is 0 Å². The summed E-state index contributed by atoms with van der Waals surface area (Å²) in [6.07, 6.45) is 7.44. The molecular formula is C23H31N7O5. The van der Waals surface area contributed by atoms with E-state index in [0.717, 1.165) is 11.1 Å². The first-order valence-electron chi connectivity index (χ1n) is 11.8. The molecule has 0 radical (unpaired) electrons. The summed E-state index contributed by atoms with van der Waals surface area (Å²) < 4.78 is 1.79. The highest BCUT2D eigenvalue weighted by molar-refractivity contribution is 5.99. The zero-order valence-electron chi connectivity index (χ0n) is 20.1. The lowest BCUT2D eigenvalue weighted by Crippen LogP contribution is -2.48. The lowest BCUT2D eigenvalue weighted by atomic mass is 9.86. The van der Waals surface area contributed by atoms with Gasteiger partial charge in [0.25, 0.3) is 5.91 Å². The molecule has 2 aliphatic rings. The van der Waals surface area contributed by atoms with Crippen molar-refractivity contribution in [3.8, 4) is 0 Å². The number of carboxylic acids is 1. The number of pyridine rings is 1. The van der Waals surface area contributed by atoms with Crippen molar-refractivity contribution >= 4 is 40.2 Å². The Balaban J connectivity index is 1.73. The van der Waals surface area contributed by atoms with Gasteiger partial charge in [-0.05, 0) is 38.7 Å². The first kappa shape index (κ1) is 24.5. The number of carbonyl (C=O) groups is 3. The number of hydrogen-bond acceptors (Lipinski definition) is 8. The van der Waals surface area contributed by atoms with Crippen molar-refractivity contribution in [3.05, 3.63) is 24.0 Å². The number of aliphatic carboxylic acids is 1. The number of fused-ring (bicyclic) bond motifs is 1. The molecule has 5 N–H and O–H groups in total. The zero-order valence-corrected chi connectivity index (χ0v) is 20.1.